The van der Waals surface area contributed by atoms with Gasteiger partial charge in [-0.15, -0.1) is 12.4 Å². The number of carbonyl (C=O) groups excluding carboxylic acids is 1. The second kappa shape index (κ2) is 6.08. The van der Waals surface area contributed by atoms with Gasteiger partial charge in [-0.3, -0.25) is 4.79 Å². The van der Waals surface area contributed by atoms with E-state index < -0.39 is 0 Å². The highest BCUT2D eigenvalue weighted by molar-refractivity contribution is 9.10. The maximum atomic E-state index is 12.2. The van der Waals surface area contributed by atoms with Crippen LogP contribution in [-0.4, -0.2) is 22.6 Å². The van der Waals surface area contributed by atoms with Gasteiger partial charge in [0.25, 0.3) is 5.91 Å². The highest BCUT2D eigenvalue weighted by Gasteiger charge is 2.34. The summed E-state index contributed by atoms with van der Waals surface area (Å²) in [6, 6.07) is 1.83. The normalized spacial score (nSPS) is 17.3. The number of nitrogens with two attached hydrogens (primary N) is 1. The van der Waals surface area contributed by atoms with E-state index in [0.29, 0.717) is 12.2 Å². The maximum absolute atomic E-state index is 12.2. The fraction of sp³-hybridized carbons (Fsp3) is 0.583. The topological polar surface area (TPSA) is 60.0 Å². The molecule has 1 amide bonds. The monoisotopic (exact) mass is 335 g/mol. The largest absolute Gasteiger partial charge is 0.345 e. The fourth-order valence-electron chi connectivity index (χ4n) is 2.49. The van der Waals surface area contributed by atoms with E-state index in [1.165, 1.54) is 0 Å². The summed E-state index contributed by atoms with van der Waals surface area (Å²) in [4.78, 5) is 12.2. The van der Waals surface area contributed by atoms with E-state index in [-0.39, 0.29) is 23.9 Å². The second-order valence-corrected chi connectivity index (χ2v) is 5.72. The molecule has 3 N–H and O–H groups in total. The molecule has 0 aliphatic heterocycles. The smallest absolute Gasteiger partial charge is 0.268 e. The molecule has 0 spiro atoms. The SMILES string of the molecule is Cl.Cn1cc(Br)cc1C(=O)NC1(CN)CCCC1. The van der Waals surface area contributed by atoms with Gasteiger partial charge in [0.15, 0.2) is 0 Å². The minimum absolute atomic E-state index is 0. The average molecular weight is 337 g/mol. The lowest BCUT2D eigenvalue weighted by atomic mass is 9.97. The van der Waals surface area contributed by atoms with Crippen molar-refractivity contribution in [3.8, 4) is 0 Å². The first-order valence-electron chi connectivity index (χ1n) is 5.91. The van der Waals surface area contributed by atoms with E-state index in [1.807, 2.05) is 23.9 Å². The van der Waals surface area contributed by atoms with Crippen molar-refractivity contribution in [3.05, 3.63) is 22.4 Å². The quantitative estimate of drug-likeness (QED) is 0.889. The summed E-state index contributed by atoms with van der Waals surface area (Å²) in [5.41, 5.74) is 6.28. The molecule has 1 aliphatic carbocycles. The first kappa shape index (κ1) is 15.5. The van der Waals surface area contributed by atoms with Crippen LogP contribution < -0.4 is 11.1 Å². The van der Waals surface area contributed by atoms with Crippen molar-refractivity contribution in [3.63, 3.8) is 0 Å². The van der Waals surface area contributed by atoms with Gasteiger partial charge in [0.05, 0.1) is 5.54 Å². The molecule has 0 saturated heterocycles. The number of nitrogens with one attached hydrogen (secondary N) is 1. The highest BCUT2D eigenvalue weighted by atomic mass is 79.9. The molecule has 18 heavy (non-hydrogen) atoms. The van der Waals surface area contributed by atoms with Gasteiger partial charge in [-0.05, 0) is 34.8 Å². The Morgan fingerprint density at radius 3 is 2.61 bits per heavy atom. The summed E-state index contributed by atoms with van der Waals surface area (Å²) in [5.74, 6) is -0.0365. The highest BCUT2D eigenvalue weighted by Crippen LogP contribution is 2.29. The van der Waals surface area contributed by atoms with E-state index in [1.54, 1.807) is 0 Å². The molecule has 0 aromatic carbocycles. The molecule has 1 aromatic heterocycles. The molecule has 0 radical (unpaired) electrons. The van der Waals surface area contributed by atoms with Gasteiger partial charge < -0.3 is 15.6 Å². The number of amides is 1. The van der Waals surface area contributed by atoms with Crippen molar-refractivity contribution in [2.24, 2.45) is 12.8 Å². The first-order valence-corrected chi connectivity index (χ1v) is 6.70. The zero-order chi connectivity index (χ0) is 12.5. The number of hydrogen-bond acceptors (Lipinski definition) is 2. The van der Waals surface area contributed by atoms with Crippen molar-refractivity contribution in [2.45, 2.75) is 31.2 Å². The lowest BCUT2D eigenvalue weighted by molar-refractivity contribution is 0.0894. The Balaban J connectivity index is 0.00000162. The number of nitrogens with zero attached hydrogens (tertiary/aromatic N) is 1. The van der Waals surface area contributed by atoms with Crippen molar-refractivity contribution in [2.75, 3.05) is 6.54 Å². The Bertz CT molecular complexity index is 427. The van der Waals surface area contributed by atoms with Crippen LogP contribution in [0.2, 0.25) is 0 Å². The van der Waals surface area contributed by atoms with Crippen LogP contribution in [0.5, 0.6) is 0 Å². The molecule has 0 unspecified atom stereocenters. The third-order valence-electron chi connectivity index (χ3n) is 3.53. The van der Waals surface area contributed by atoms with E-state index in [4.69, 9.17) is 5.73 Å². The molecule has 1 saturated carbocycles. The first-order chi connectivity index (χ1) is 8.06. The molecule has 0 bridgehead atoms. The Kier molecular flexibility index (Phi) is 5.25. The molecule has 1 heterocycles. The van der Waals surface area contributed by atoms with Gasteiger partial charge in [-0.2, -0.15) is 0 Å². The lowest BCUT2D eigenvalue weighted by Crippen LogP contribution is -2.51. The Morgan fingerprint density at radius 2 is 2.17 bits per heavy atom. The Labute approximate surface area is 122 Å². The van der Waals surface area contributed by atoms with Gasteiger partial charge in [-0.25, -0.2) is 0 Å². The van der Waals surface area contributed by atoms with Crippen LogP contribution in [0.25, 0.3) is 0 Å². The second-order valence-electron chi connectivity index (χ2n) is 4.80. The van der Waals surface area contributed by atoms with Crippen LogP contribution in [0.3, 0.4) is 0 Å². The molecule has 2 rings (SSSR count). The predicted molar refractivity (Wildman–Crippen MR) is 78.1 cm³/mol. The standard InChI is InChI=1S/C12H18BrN3O.ClH/c1-16-7-9(13)6-10(16)11(17)15-12(8-14)4-2-3-5-12;/h6-7H,2-5,8,14H2,1H3,(H,15,17);1H. The summed E-state index contributed by atoms with van der Waals surface area (Å²) in [5, 5.41) is 3.11. The summed E-state index contributed by atoms with van der Waals surface area (Å²) in [6.07, 6.45) is 6.14. The maximum Gasteiger partial charge on any atom is 0.268 e. The Hall–Kier alpha value is -0.520. The average Bonchev–Trinajstić information content (AvgIpc) is 2.86. The number of halogens is 2. The van der Waals surface area contributed by atoms with Gasteiger partial charge in [0.1, 0.15) is 5.69 Å². The van der Waals surface area contributed by atoms with Crippen molar-refractivity contribution in [1.29, 1.82) is 0 Å². The van der Waals surface area contributed by atoms with E-state index >= 15 is 0 Å². The van der Waals surface area contributed by atoms with E-state index in [9.17, 15) is 4.79 Å². The van der Waals surface area contributed by atoms with Crippen molar-refractivity contribution < 1.29 is 4.79 Å². The zero-order valence-corrected chi connectivity index (χ0v) is 12.8. The number of aryl methyl sites for hydroxylation is 1. The fourth-order valence-corrected chi connectivity index (χ4v) is 3.01. The number of hydrogen-bond donors (Lipinski definition) is 2. The summed E-state index contributed by atoms with van der Waals surface area (Å²) < 4.78 is 2.73. The summed E-state index contributed by atoms with van der Waals surface area (Å²) in [6.45, 7) is 0.518. The zero-order valence-electron chi connectivity index (χ0n) is 10.4. The lowest BCUT2D eigenvalue weighted by Gasteiger charge is -2.28. The molecular formula is C12H19BrClN3O. The number of rotatable bonds is 3. The van der Waals surface area contributed by atoms with Crippen molar-refractivity contribution in [1.82, 2.24) is 9.88 Å². The molecule has 4 nitrogen and oxygen atoms in total. The van der Waals surface area contributed by atoms with E-state index in [2.05, 4.69) is 21.2 Å². The van der Waals surface area contributed by atoms with Gasteiger partial charge >= 0.3 is 0 Å². The van der Waals surface area contributed by atoms with Gasteiger partial charge in [-0.1, -0.05) is 12.8 Å². The third kappa shape index (κ3) is 3.08. The van der Waals surface area contributed by atoms with Gasteiger partial charge in [0.2, 0.25) is 0 Å². The Morgan fingerprint density at radius 1 is 1.56 bits per heavy atom. The molecular weight excluding hydrogens is 318 g/mol. The molecule has 1 fully saturated rings. The van der Waals surface area contributed by atoms with Gasteiger partial charge in [0, 0.05) is 24.3 Å². The minimum atomic E-state index is -0.187. The molecule has 1 aromatic rings. The van der Waals surface area contributed by atoms with Crippen LogP contribution in [0.15, 0.2) is 16.7 Å². The predicted octanol–water partition coefficient (Wildman–Crippen LogP) is 2.21. The minimum Gasteiger partial charge on any atom is -0.345 e. The van der Waals surface area contributed by atoms with E-state index in [0.717, 1.165) is 30.2 Å². The molecule has 0 atom stereocenters. The van der Waals surface area contributed by atoms with Crippen LogP contribution in [0.4, 0.5) is 0 Å². The summed E-state index contributed by atoms with van der Waals surface area (Å²) >= 11 is 3.37. The third-order valence-corrected chi connectivity index (χ3v) is 3.97. The molecule has 1 aliphatic rings. The molecule has 102 valence electrons. The number of aromatic nitrogens is 1. The van der Waals surface area contributed by atoms with Crippen LogP contribution in [0, 0.1) is 0 Å². The van der Waals surface area contributed by atoms with Crippen LogP contribution >= 0.6 is 28.3 Å². The van der Waals surface area contributed by atoms with Crippen LogP contribution in [0.1, 0.15) is 36.2 Å². The van der Waals surface area contributed by atoms with Crippen molar-refractivity contribution >= 4 is 34.2 Å². The van der Waals surface area contributed by atoms with Crippen LogP contribution in [-0.2, 0) is 7.05 Å². The number of carbonyl (C=O) groups is 1. The summed E-state index contributed by atoms with van der Waals surface area (Å²) in [7, 11) is 1.86. The molecule has 6 heteroatoms.